The molecule has 2 atom stereocenters. The van der Waals surface area contributed by atoms with Crippen molar-refractivity contribution in [3.8, 4) is 0 Å². The van der Waals surface area contributed by atoms with Crippen molar-refractivity contribution >= 4 is 0 Å². The molecule has 2 aliphatic heterocycles. The Bertz CT molecular complexity index is 201. The van der Waals surface area contributed by atoms with Crippen molar-refractivity contribution in [3.63, 3.8) is 0 Å². The molecule has 0 amide bonds. The lowest BCUT2D eigenvalue weighted by Crippen LogP contribution is -2.44. The molecule has 0 aromatic rings. The van der Waals surface area contributed by atoms with Gasteiger partial charge in [0.25, 0.3) is 0 Å². The predicted molar refractivity (Wildman–Crippen MR) is 60.9 cm³/mol. The molecule has 0 radical (unpaired) electrons. The topological polar surface area (TPSA) is 21.3 Å². The van der Waals surface area contributed by atoms with Crippen LogP contribution in [0.2, 0.25) is 0 Å². The lowest BCUT2D eigenvalue weighted by molar-refractivity contribution is -0.0112. The largest absolute Gasteiger partial charge is 0.375 e. The monoisotopic (exact) mass is 209 g/mol. The van der Waals surface area contributed by atoms with E-state index in [4.69, 9.17) is 4.74 Å². The molecule has 2 bridgehead atoms. The van der Waals surface area contributed by atoms with Crippen molar-refractivity contribution in [3.05, 3.63) is 0 Å². The molecule has 3 rings (SSSR count). The van der Waals surface area contributed by atoms with E-state index in [0.29, 0.717) is 12.2 Å². The van der Waals surface area contributed by atoms with Gasteiger partial charge < -0.3 is 10.1 Å². The van der Waals surface area contributed by atoms with Crippen LogP contribution in [0.15, 0.2) is 0 Å². The quantitative estimate of drug-likeness (QED) is 0.755. The first-order valence-corrected chi connectivity index (χ1v) is 6.81. The Labute approximate surface area is 92.8 Å². The van der Waals surface area contributed by atoms with E-state index in [0.717, 1.165) is 12.1 Å². The zero-order chi connectivity index (χ0) is 10.1. The van der Waals surface area contributed by atoms with Gasteiger partial charge in [0.1, 0.15) is 0 Å². The first-order chi connectivity index (χ1) is 7.40. The van der Waals surface area contributed by atoms with Gasteiger partial charge in [0, 0.05) is 12.1 Å². The van der Waals surface area contributed by atoms with E-state index in [2.05, 4.69) is 5.32 Å². The number of hydrogen-bond acceptors (Lipinski definition) is 2. The second-order valence-electron chi connectivity index (χ2n) is 5.63. The van der Waals surface area contributed by atoms with Gasteiger partial charge in [0.15, 0.2) is 0 Å². The minimum Gasteiger partial charge on any atom is -0.375 e. The Morgan fingerprint density at radius 2 is 1.40 bits per heavy atom. The summed E-state index contributed by atoms with van der Waals surface area (Å²) in [4.78, 5) is 0. The molecule has 1 aliphatic carbocycles. The average Bonchev–Trinajstić information content (AvgIpc) is 2.60. The third-order valence-electron chi connectivity index (χ3n) is 4.37. The highest BCUT2D eigenvalue weighted by atomic mass is 16.5. The van der Waals surface area contributed by atoms with Crippen molar-refractivity contribution in [2.75, 3.05) is 0 Å². The fraction of sp³-hybridized carbons (Fsp3) is 1.00. The standard InChI is InChI=1S/C13H23NO/c1-2-4-10(5-3-1)14-11-8-12-6-7-13(9-11)15-12/h10-14H,1-9H2. The van der Waals surface area contributed by atoms with E-state index in [-0.39, 0.29) is 0 Å². The van der Waals surface area contributed by atoms with Crippen molar-refractivity contribution in [1.82, 2.24) is 5.32 Å². The molecule has 3 aliphatic rings. The third kappa shape index (κ3) is 2.36. The smallest absolute Gasteiger partial charge is 0.0594 e. The average molecular weight is 209 g/mol. The van der Waals surface area contributed by atoms with Crippen LogP contribution in [-0.2, 0) is 4.74 Å². The van der Waals surface area contributed by atoms with Gasteiger partial charge in [-0.15, -0.1) is 0 Å². The SMILES string of the molecule is C1CCC(NC2CC3CCC(C2)O3)CC1. The fourth-order valence-electron chi connectivity index (χ4n) is 3.60. The second-order valence-corrected chi connectivity index (χ2v) is 5.63. The Kier molecular flexibility index (Phi) is 2.98. The highest BCUT2D eigenvalue weighted by Gasteiger charge is 2.35. The molecule has 2 nitrogen and oxygen atoms in total. The summed E-state index contributed by atoms with van der Waals surface area (Å²) >= 11 is 0. The highest BCUT2D eigenvalue weighted by molar-refractivity contribution is 4.89. The van der Waals surface area contributed by atoms with Crippen LogP contribution in [0.25, 0.3) is 0 Å². The lowest BCUT2D eigenvalue weighted by Gasteiger charge is -2.33. The molecule has 1 N–H and O–H groups in total. The molecule has 2 heterocycles. The van der Waals surface area contributed by atoms with E-state index >= 15 is 0 Å². The molecule has 0 spiro atoms. The van der Waals surface area contributed by atoms with Crippen molar-refractivity contribution in [2.45, 2.75) is 82.1 Å². The maximum absolute atomic E-state index is 5.88. The van der Waals surface area contributed by atoms with E-state index in [1.165, 1.54) is 57.8 Å². The van der Waals surface area contributed by atoms with Gasteiger partial charge in [-0.25, -0.2) is 0 Å². The fourth-order valence-corrected chi connectivity index (χ4v) is 3.60. The minimum absolute atomic E-state index is 0.588. The van der Waals surface area contributed by atoms with Gasteiger partial charge >= 0.3 is 0 Å². The highest BCUT2D eigenvalue weighted by Crippen LogP contribution is 2.33. The van der Waals surface area contributed by atoms with Gasteiger partial charge in [-0.3, -0.25) is 0 Å². The van der Waals surface area contributed by atoms with Crippen molar-refractivity contribution in [2.24, 2.45) is 0 Å². The zero-order valence-corrected chi connectivity index (χ0v) is 9.58. The molecule has 1 saturated carbocycles. The molecule has 3 fully saturated rings. The Morgan fingerprint density at radius 1 is 0.733 bits per heavy atom. The first kappa shape index (κ1) is 10.1. The molecule has 2 heteroatoms. The van der Waals surface area contributed by atoms with E-state index in [1.54, 1.807) is 0 Å². The number of nitrogens with one attached hydrogen (secondary N) is 1. The van der Waals surface area contributed by atoms with Gasteiger partial charge in [-0.05, 0) is 38.5 Å². The first-order valence-electron chi connectivity index (χ1n) is 6.81. The van der Waals surface area contributed by atoms with E-state index < -0.39 is 0 Å². The van der Waals surface area contributed by atoms with Crippen molar-refractivity contribution < 1.29 is 4.74 Å². The summed E-state index contributed by atoms with van der Waals surface area (Å²) in [5.41, 5.74) is 0. The normalized spacial score (nSPS) is 42.0. The second kappa shape index (κ2) is 4.42. The summed E-state index contributed by atoms with van der Waals surface area (Å²) in [6, 6.07) is 1.58. The summed E-state index contributed by atoms with van der Waals surface area (Å²) in [7, 11) is 0. The Balaban J connectivity index is 1.50. The van der Waals surface area contributed by atoms with Crippen LogP contribution in [0.3, 0.4) is 0 Å². The van der Waals surface area contributed by atoms with Crippen molar-refractivity contribution in [1.29, 1.82) is 0 Å². The molecular formula is C13H23NO. The van der Waals surface area contributed by atoms with E-state index in [9.17, 15) is 0 Å². The molecule has 2 saturated heterocycles. The zero-order valence-electron chi connectivity index (χ0n) is 9.58. The number of fused-ring (bicyclic) bond motifs is 2. The number of hydrogen-bond donors (Lipinski definition) is 1. The summed E-state index contributed by atoms with van der Waals surface area (Å²) in [5.74, 6) is 0. The van der Waals surface area contributed by atoms with Crippen LogP contribution in [0.4, 0.5) is 0 Å². The molecule has 15 heavy (non-hydrogen) atoms. The minimum atomic E-state index is 0.588. The lowest BCUT2D eigenvalue weighted by atomic mass is 9.93. The number of ether oxygens (including phenoxy) is 1. The van der Waals surface area contributed by atoms with Gasteiger partial charge in [0.2, 0.25) is 0 Å². The molecule has 0 aromatic carbocycles. The number of rotatable bonds is 2. The molecule has 86 valence electrons. The van der Waals surface area contributed by atoms with Gasteiger partial charge in [-0.2, -0.15) is 0 Å². The van der Waals surface area contributed by atoms with Crippen LogP contribution in [0.5, 0.6) is 0 Å². The van der Waals surface area contributed by atoms with Crippen LogP contribution >= 0.6 is 0 Å². The summed E-state index contributed by atoms with van der Waals surface area (Å²) in [6.45, 7) is 0. The summed E-state index contributed by atoms with van der Waals surface area (Å²) < 4.78 is 5.88. The predicted octanol–water partition coefficient (Wildman–Crippen LogP) is 2.62. The van der Waals surface area contributed by atoms with E-state index in [1.807, 2.05) is 0 Å². The Hall–Kier alpha value is -0.0800. The van der Waals surface area contributed by atoms with Crippen LogP contribution in [0, 0.1) is 0 Å². The Morgan fingerprint density at radius 3 is 2.07 bits per heavy atom. The molecular weight excluding hydrogens is 186 g/mol. The molecule has 2 unspecified atom stereocenters. The van der Waals surface area contributed by atoms with Crippen LogP contribution < -0.4 is 5.32 Å². The summed E-state index contributed by atoms with van der Waals surface area (Å²) in [5, 5.41) is 3.88. The van der Waals surface area contributed by atoms with Gasteiger partial charge in [0.05, 0.1) is 12.2 Å². The summed E-state index contributed by atoms with van der Waals surface area (Å²) in [6.07, 6.45) is 13.5. The van der Waals surface area contributed by atoms with Gasteiger partial charge in [-0.1, -0.05) is 19.3 Å². The molecule has 0 aromatic heterocycles. The van der Waals surface area contributed by atoms with Crippen LogP contribution in [0.1, 0.15) is 57.8 Å². The van der Waals surface area contributed by atoms with Crippen LogP contribution in [-0.4, -0.2) is 24.3 Å². The maximum atomic E-state index is 5.88. The third-order valence-corrected chi connectivity index (χ3v) is 4.37. The maximum Gasteiger partial charge on any atom is 0.0594 e.